The van der Waals surface area contributed by atoms with Crippen LogP contribution in [0.3, 0.4) is 0 Å². The van der Waals surface area contributed by atoms with E-state index in [1.54, 1.807) is 0 Å². The normalized spacial score (nSPS) is 14.1. The van der Waals surface area contributed by atoms with Crippen LogP contribution in [0.25, 0.3) is 0 Å². The zero-order valence-corrected chi connectivity index (χ0v) is 7.83. The minimum atomic E-state index is -4.76. The van der Waals surface area contributed by atoms with Crippen LogP contribution in [0.15, 0.2) is 12.1 Å². The zero-order valence-electron chi connectivity index (χ0n) is 7.08. The van der Waals surface area contributed by atoms with E-state index in [1.165, 1.54) is 0 Å². The second-order valence-electron chi connectivity index (χ2n) is 2.81. The van der Waals surface area contributed by atoms with Crippen LogP contribution in [-0.4, -0.2) is 6.18 Å². The van der Waals surface area contributed by atoms with Gasteiger partial charge in [-0.1, -0.05) is 11.6 Å². The molecule has 0 radical (unpaired) electrons. The van der Waals surface area contributed by atoms with Gasteiger partial charge >= 0.3 is 6.18 Å². The van der Waals surface area contributed by atoms with Crippen molar-refractivity contribution in [1.82, 2.24) is 0 Å². The number of nitrogens with two attached hydrogens (primary N) is 1. The van der Waals surface area contributed by atoms with Crippen LogP contribution >= 0.6 is 11.6 Å². The van der Waals surface area contributed by atoms with Gasteiger partial charge in [0.05, 0.1) is 0 Å². The lowest BCUT2D eigenvalue weighted by Crippen LogP contribution is -2.28. The molecule has 0 spiro atoms. The Kier molecular flexibility index (Phi) is 3.20. The summed E-state index contributed by atoms with van der Waals surface area (Å²) < 4.78 is 61.6. The molecule has 0 aliphatic heterocycles. The molecule has 0 unspecified atom stereocenters. The molecule has 2 N–H and O–H groups in total. The quantitative estimate of drug-likeness (QED) is 0.597. The van der Waals surface area contributed by atoms with Gasteiger partial charge in [-0.15, -0.1) is 0 Å². The third-order valence-electron chi connectivity index (χ3n) is 1.73. The van der Waals surface area contributed by atoms with Crippen molar-refractivity contribution in [2.45, 2.75) is 12.2 Å². The maximum absolute atomic E-state index is 12.7. The SMILES string of the molecule is N[C@H](c1cc(F)c(F)cc1Cl)C(F)(F)F. The Morgan fingerprint density at radius 1 is 1.13 bits per heavy atom. The number of hydrogen-bond acceptors (Lipinski definition) is 1. The van der Waals surface area contributed by atoms with Gasteiger partial charge in [-0.05, 0) is 17.7 Å². The number of halogens is 6. The van der Waals surface area contributed by atoms with E-state index in [0.717, 1.165) is 0 Å². The summed E-state index contributed by atoms with van der Waals surface area (Å²) in [6.45, 7) is 0. The molecule has 0 aliphatic rings. The van der Waals surface area contributed by atoms with Crippen molar-refractivity contribution >= 4 is 11.6 Å². The minimum absolute atomic E-state index is 0.343. The van der Waals surface area contributed by atoms with Crippen LogP contribution in [0.4, 0.5) is 22.0 Å². The fourth-order valence-corrected chi connectivity index (χ4v) is 1.22. The van der Waals surface area contributed by atoms with Crippen molar-refractivity contribution in [1.29, 1.82) is 0 Å². The molecule has 0 bridgehead atoms. The molecule has 0 saturated carbocycles. The van der Waals surface area contributed by atoms with E-state index in [2.05, 4.69) is 0 Å². The van der Waals surface area contributed by atoms with Crippen LogP contribution in [0.5, 0.6) is 0 Å². The molecule has 1 aromatic rings. The first-order chi connectivity index (χ1) is 6.73. The van der Waals surface area contributed by atoms with Gasteiger partial charge in [-0.3, -0.25) is 0 Å². The first-order valence-corrected chi connectivity index (χ1v) is 4.08. The van der Waals surface area contributed by atoms with Crippen molar-refractivity contribution in [2.24, 2.45) is 5.73 Å². The van der Waals surface area contributed by atoms with E-state index < -0.39 is 34.4 Å². The summed E-state index contributed by atoms with van der Waals surface area (Å²) in [5.41, 5.74) is 4.10. The lowest BCUT2D eigenvalue weighted by Gasteiger charge is -2.17. The molecule has 1 atom stereocenters. The molecular formula is C8H5ClF5N. The molecule has 15 heavy (non-hydrogen) atoms. The molecule has 0 amide bonds. The van der Waals surface area contributed by atoms with Gasteiger partial charge in [-0.2, -0.15) is 13.2 Å². The molecule has 1 nitrogen and oxygen atoms in total. The van der Waals surface area contributed by atoms with Crippen LogP contribution in [0.1, 0.15) is 11.6 Å². The lowest BCUT2D eigenvalue weighted by atomic mass is 10.1. The van der Waals surface area contributed by atoms with Crippen LogP contribution in [0.2, 0.25) is 5.02 Å². The Balaban J connectivity index is 3.21. The van der Waals surface area contributed by atoms with Crippen LogP contribution < -0.4 is 5.73 Å². The maximum Gasteiger partial charge on any atom is 0.407 e. The smallest absolute Gasteiger partial charge is 0.316 e. The fraction of sp³-hybridized carbons (Fsp3) is 0.250. The summed E-state index contributed by atoms with van der Waals surface area (Å²) in [6.07, 6.45) is -4.76. The highest BCUT2D eigenvalue weighted by atomic mass is 35.5. The van der Waals surface area contributed by atoms with Gasteiger partial charge < -0.3 is 5.73 Å². The van der Waals surface area contributed by atoms with Crippen molar-refractivity contribution in [2.75, 3.05) is 0 Å². The second kappa shape index (κ2) is 3.94. The molecule has 1 rings (SSSR count). The van der Waals surface area contributed by atoms with Crippen LogP contribution in [-0.2, 0) is 0 Å². The topological polar surface area (TPSA) is 26.0 Å². The highest BCUT2D eigenvalue weighted by Crippen LogP contribution is 2.34. The van der Waals surface area contributed by atoms with Crippen molar-refractivity contribution in [3.8, 4) is 0 Å². The third kappa shape index (κ3) is 2.57. The highest BCUT2D eigenvalue weighted by Gasteiger charge is 2.39. The average Bonchev–Trinajstić information content (AvgIpc) is 2.08. The largest absolute Gasteiger partial charge is 0.407 e. The van der Waals surface area contributed by atoms with Gasteiger partial charge in [0.2, 0.25) is 0 Å². The van der Waals surface area contributed by atoms with Crippen molar-refractivity contribution in [3.05, 3.63) is 34.4 Å². The Labute approximate surface area is 86.6 Å². The maximum atomic E-state index is 12.7. The molecule has 0 aliphatic carbocycles. The van der Waals surface area contributed by atoms with Gasteiger partial charge in [0, 0.05) is 5.02 Å². The van der Waals surface area contributed by atoms with Gasteiger partial charge in [0.15, 0.2) is 11.6 Å². The van der Waals surface area contributed by atoms with E-state index in [1.807, 2.05) is 0 Å². The molecule has 7 heteroatoms. The number of alkyl halides is 3. The van der Waals surface area contributed by atoms with Crippen LogP contribution in [0, 0.1) is 11.6 Å². The van der Waals surface area contributed by atoms with Gasteiger partial charge in [0.1, 0.15) is 6.04 Å². The van der Waals surface area contributed by atoms with E-state index in [0.29, 0.717) is 12.1 Å². The molecule has 0 aromatic heterocycles. The first-order valence-electron chi connectivity index (χ1n) is 3.70. The number of rotatable bonds is 1. The second-order valence-corrected chi connectivity index (χ2v) is 3.21. The van der Waals surface area contributed by atoms with Crippen molar-refractivity contribution < 1.29 is 22.0 Å². The Bertz CT molecular complexity index is 376. The molecule has 0 heterocycles. The summed E-state index contributed by atoms with van der Waals surface area (Å²) in [5.74, 6) is -2.74. The predicted molar refractivity (Wildman–Crippen MR) is 44.4 cm³/mol. The number of hydrogen-bond donors (Lipinski definition) is 1. The highest BCUT2D eigenvalue weighted by molar-refractivity contribution is 6.31. The first kappa shape index (κ1) is 12.2. The van der Waals surface area contributed by atoms with E-state index in [4.69, 9.17) is 17.3 Å². The number of benzene rings is 1. The average molecular weight is 246 g/mol. The van der Waals surface area contributed by atoms with Gasteiger partial charge in [-0.25, -0.2) is 8.78 Å². The molecular weight excluding hydrogens is 241 g/mol. The third-order valence-corrected chi connectivity index (χ3v) is 2.05. The molecule has 1 aromatic carbocycles. The Hall–Kier alpha value is -0.880. The molecule has 84 valence electrons. The monoisotopic (exact) mass is 245 g/mol. The Morgan fingerprint density at radius 2 is 1.60 bits per heavy atom. The summed E-state index contributed by atoms with van der Waals surface area (Å²) in [7, 11) is 0. The van der Waals surface area contributed by atoms with Crippen molar-refractivity contribution in [3.63, 3.8) is 0 Å². The standard InChI is InChI=1S/C8H5ClF5N/c9-4-2-6(11)5(10)1-3(4)7(15)8(12,13)14/h1-2,7H,15H2/t7-/m1/s1. The fourth-order valence-electron chi connectivity index (χ4n) is 0.953. The molecule has 0 fully saturated rings. The van der Waals surface area contributed by atoms with E-state index in [-0.39, 0.29) is 0 Å². The summed E-state index contributed by atoms with van der Waals surface area (Å²) in [5, 5.41) is -0.557. The van der Waals surface area contributed by atoms with E-state index >= 15 is 0 Å². The zero-order chi connectivity index (χ0) is 11.8. The minimum Gasteiger partial charge on any atom is -0.316 e. The Morgan fingerprint density at radius 3 is 2.07 bits per heavy atom. The summed E-state index contributed by atoms with van der Waals surface area (Å²) in [4.78, 5) is 0. The van der Waals surface area contributed by atoms with E-state index in [9.17, 15) is 22.0 Å². The van der Waals surface area contributed by atoms with Gasteiger partial charge in [0.25, 0.3) is 0 Å². The molecule has 0 saturated heterocycles. The lowest BCUT2D eigenvalue weighted by molar-refractivity contribution is -0.149. The summed E-state index contributed by atoms with van der Waals surface area (Å²) >= 11 is 5.32. The predicted octanol–water partition coefficient (Wildman–Crippen LogP) is 3.18. The summed E-state index contributed by atoms with van der Waals surface area (Å²) in [6, 6.07) is -1.63.